The largest absolute Gasteiger partial charge is 0.418 e. The molecule has 1 unspecified atom stereocenters. The molecule has 152 valence electrons. The van der Waals surface area contributed by atoms with Gasteiger partial charge >= 0.3 is 6.18 Å². The Labute approximate surface area is 171 Å². The van der Waals surface area contributed by atoms with Crippen molar-refractivity contribution in [1.82, 2.24) is 0 Å². The molecule has 0 radical (unpaired) electrons. The summed E-state index contributed by atoms with van der Waals surface area (Å²) in [6.45, 7) is 0. The molecule has 2 N–H and O–H groups in total. The van der Waals surface area contributed by atoms with Crippen molar-refractivity contribution in [2.24, 2.45) is 5.73 Å². The minimum absolute atomic E-state index is 0.0727. The van der Waals surface area contributed by atoms with Crippen molar-refractivity contribution in [1.29, 1.82) is 5.26 Å². The standard InChI is InChI=1S/C23H18F3N3O/c24-23(25,26)16-9-4-5-10-17(16)29-18-11-6-12-19(30)21(18)20(15(13-27)22(29)28)14-7-2-1-3-8-14/h1-5,7-10,20H,6,11-12,28H2. The zero-order valence-electron chi connectivity index (χ0n) is 15.9. The molecule has 4 nitrogen and oxygen atoms in total. The number of alkyl halides is 3. The lowest BCUT2D eigenvalue weighted by atomic mass is 9.75. The van der Waals surface area contributed by atoms with Crippen LogP contribution in [0.15, 0.2) is 77.3 Å². The summed E-state index contributed by atoms with van der Waals surface area (Å²) in [5, 5.41) is 9.89. The highest BCUT2D eigenvalue weighted by molar-refractivity contribution is 6.01. The molecule has 0 amide bonds. The Morgan fingerprint density at radius 3 is 2.37 bits per heavy atom. The average Bonchev–Trinajstić information content (AvgIpc) is 2.73. The van der Waals surface area contributed by atoms with Crippen molar-refractivity contribution in [2.45, 2.75) is 31.4 Å². The van der Waals surface area contributed by atoms with Crippen LogP contribution in [0, 0.1) is 11.3 Å². The maximum atomic E-state index is 13.7. The predicted molar refractivity (Wildman–Crippen MR) is 106 cm³/mol. The first-order valence-electron chi connectivity index (χ1n) is 9.52. The number of rotatable bonds is 2. The Bertz CT molecular complexity index is 1110. The van der Waals surface area contributed by atoms with Crippen LogP contribution in [0.3, 0.4) is 0 Å². The van der Waals surface area contributed by atoms with E-state index >= 15 is 0 Å². The molecule has 2 aliphatic rings. The molecule has 0 fully saturated rings. The number of nitriles is 1. The Kier molecular flexibility index (Phi) is 4.86. The van der Waals surface area contributed by atoms with Gasteiger partial charge in [-0.3, -0.25) is 9.69 Å². The Hall–Kier alpha value is -3.53. The van der Waals surface area contributed by atoms with E-state index in [1.807, 2.05) is 6.07 Å². The molecule has 0 aromatic heterocycles. The van der Waals surface area contributed by atoms with Crippen LogP contribution in [0.25, 0.3) is 0 Å². The molecule has 30 heavy (non-hydrogen) atoms. The van der Waals surface area contributed by atoms with E-state index in [9.17, 15) is 23.2 Å². The number of anilines is 1. The van der Waals surface area contributed by atoms with Crippen LogP contribution in [-0.2, 0) is 11.0 Å². The Morgan fingerprint density at radius 2 is 1.70 bits per heavy atom. The van der Waals surface area contributed by atoms with Gasteiger partial charge in [0.15, 0.2) is 5.78 Å². The van der Waals surface area contributed by atoms with Crippen LogP contribution in [0.4, 0.5) is 18.9 Å². The monoisotopic (exact) mass is 409 g/mol. The Morgan fingerprint density at radius 1 is 1.03 bits per heavy atom. The number of hydrogen-bond donors (Lipinski definition) is 1. The number of benzene rings is 2. The number of carbonyl (C=O) groups excluding carboxylic acids is 1. The van der Waals surface area contributed by atoms with Crippen molar-refractivity contribution in [3.05, 3.63) is 88.4 Å². The van der Waals surface area contributed by atoms with Crippen LogP contribution < -0.4 is 10.6 Å². The minimum atomic E-state index is -4.61. The Balaban J connectivity index is 2.01. The second kappa shape index (κ2) is 7.38. The van der Waals surface area contributed by atoms with E-state index < -0.39 is 17.7 Å². The van der Waals surface area contributed by atoms with Gasteiger partial charge in [0.05, 0.1) is 28.8 Å². The van der Waals surface area contributed by atoms with E-state index in [2.05, 4.69) is 6.07 Å². The van der Waals surface area contributed by atoms with Crippen molar-refractivity contribution in [2.75, 3.05) is 4.90 Å². The molecule has 2 aromatic carbocycles. The number of allylic oxidation sites excluding steroid dienone is 3. The van der Waals surface area contributed by atoms with Gasteiger partial charge in [-0.1, -0.05) is 42.5 Å². The van der Waals surface area contributed by atoms with E-state index in [0.29, 0.717) is 29.7 Å². The van der Waals surface area contributed by atoms with E-state index in [1.54, 1.807) is 24.3 Å². The number of nitrogens with two attached hydrogens (primary N) is 1. The third-order valence-electron chi connectivity index (χ3n) is 5.50. The second-order valence-corrected chi connectivity index (χ2v) is 7.24. The smallest absolute Gasteiger partial charge is 0.384 e. The lowest BCUT2D eigenvalue weighted by molar-refractivity contribution is -0.137. The molecule has 0 bridgehead atoms. The summed E-state index contributed by atoms with van der Waals surface area (Å²) < 4.78 is 41.2. The fourth-order valence-corrected chi connectivity index (χ4v) is 4.25. The van der Waals surface area contributed by atoms with E-state index in [1.165, 1.54) is 23.1 Å². The second-order valence-electron chi connectivity index (χ2n) is 7.24. The van der Waals surface area contributed by atoms with Crippen LogP contribution in [-0.4, -0.2) is 5.78 Å². The van der Waals surface area contributed by atoms with Crippen molar-refractivity contribution in [3.8, 4) is 6.07 Å². The van der Waals surface area contributed by atoms with Gasteiger partial charge in [-0.2, -0.15) is 18.4 Å². The lowest BCUT2D eigenvalue weighted by Gasteiger charge is -2.40. The van der Waals surface area contributed by atoms with Gasteiger partial charge in [-0.25, -0.2) is 0 Å². The molecular weight excluding hydrogens is 391 g/mol. The van der Waals surface area contributed by atoms with E-state index in [4.69, 9.17) is 5.73 Å². The molecule has 0 spiro atoms. The topological polar surface area (TPSA) is 70.1 Å². The van der Waals surface area contributed by atoms with Gasteiger partial charge in [-0.05, 0) is 30.5 Å². The first-order valence-corrected chi connectivity index (χ1v) is 9.52. The first-order chi connectivity index (χ1) is 14.3. The van der Waals surface area contributed by atoms with E-state index in [0.717, 1.165) is 6.07 Å². The van der Waals surface area contributed by atoms with E-state index in [-0.39, 0.29) is 29.3 Å². The molecule has 1 heterocycles. The SMILES string of the molecule is N#CC1=C(N)N(c2ccccc2C(F)(F)F)C2=C(C(=O)CCC2)C1c1ccccc1. The molecule has 1 aliphatic heterocycles. The maximum Gasteiger partial charge on any atom is 0.418 e. The highest BCUT2D eigenvalue weighted by Crippen LogP contribution is 2.48. The fraction of sp³-hybridized carbons (Fsp3) is 0.217. The summed E-state index contributed by atoms with van der Waals surface area (Å²) in [4.78, 5) is 14.2. The number of carbonyl (C=O) groups is 1. The molecule has 1 atom stereocenters. The van der Waals surface area contributed by atoms with Crippen molar-refractivity contribution < 1.29 is 18.0 Å². The van der Waals surface area contributed by atoms with Gasteiger partial charge < -0.3 is 5.73 Å². The normalized spacial score (nSPS) is 19.6. The quantitative estimate of drug-likeness (QED) is 0.757. The van der Waals surface area contributed by atoms with Crippen molar-refractivity contribution in [3.63, 3.8) is 0 Å². The predicted octanol–water partition coefficient (Wildman–Crippen LogP) is 5.01. The number of para-hydroxylation sites is 1. The van der Waals surface area contributed by atoms with Gasteiger partial charge in [0.1, 0.15) is 5.82 Å². The minimum Gasteiger partial charge on any atom is -0.384 e. The molecule has 0 saturated heterocycles. The van der Waals surface area contributed by atoms with Crippen LogP contribution in [0.5, 0.6) is 0 Å². The summed E-state index contributed by atoms with van der Waals surface area (Å²) in [5.74, 6) is -0.926. The molecule has 1 aliphatic carbocycles. The molecule has 0 saturated carbocycles. The third-order valence-corrected chi connectivity index (χ3v) is 5.50. The number of hydrogen-bond acceptors (Lipinski definition) is 4. The third kappa shape index (κ3) is 3.14. The number of Topliss-reactive ketones (excluding diaryl/α,β-unsaturated/α-hetero) is 1. The first kappa shape index (κ1) is 19.8. The zero-order chi connectivity index (χ0) is 21.5. The van der Waals surface area contributed by atoms with Gasteiger partial charge in [0.2, 0.25) is 0 Å². The van der Waals surface area contributed by atoms with Gasteiger partial charge in [-0.15, -0.1) is 0 Å². The summed E-state index contributed by atoms with van der Waals surface area (Å²) in [6.07, 6.45) is -3.41. The average molecular weight is 409 g/mol. The fourth-order valence-electron chi connectivity index (χ4n) is 4.25. The highest BCUT2D eigenvalue weighted by Gasteiger charge is 2.43. The van der Waals surface area contributed by atoms with Crippen LogP contribution >= 0.6 is 0 Å². The van der Waals surface area contributed by atoms with Gasteiger partial charge in [0.25, 0.3) is 0 Å². The van der Waals surface area contributed by atoms with Gasteiger partial charge in [0, 0.05) is 17.7 Å². The molecular formula is C23H18F3N3O. The molecule has 2 aromatic rings. The number of nitrogens with zero attached hydrogens (tertiary/aromatic N) is 2. The molecule has 4 rings (SSSR count). The molecule has 7 heteroatoms. The summed E-state index contributed by atoms with van der Waals surface area (Å²) in [5.41, 5.74) is 6.87. The number of halogens is 3. The summed E-state index contributed by atoms with van der Waals surface area (Å²) >= 11 is 0. The lowest BCUT2D eigenvalue weighted by Crippen LogP contribution is -2.39. The van der Waals surface area contributed by atoms with Crippen LogP contribution in [0.1, 0.15) is 36.3 Å². The maximum absolute atomic E-state index is 13.7. The van der Waals surface area contributed by atoms with Crippen LogP contribution in [0.2, 0.25) is 0 Å². The number of ketones is 1. The highest BCUT2D eigenvalue weighted by atomic mass is 19.4. The summed E-state index contributed by atoms with van der Waals surface area (Å²) in [7, 11) is 0. The van der Waals surface area contributed by atoms with Crippen molar-refractivity contribution >= 4 is 11.5 Å². The zero-order valence-corrected chi connectivity index (χ0v) is 15.9. The summed E-state index contributed by atoms with van der Waals surface area (Å²) in [6, 6.07) is 16.1.